The molecule has 2 aromatic heterocycles. The molecule has 1 aliphatic heterocycles. The molecule has 0 saturated heterocycles. The van der Waals surface area contributed by atoms with Crippen LogP contribution in [0, 0.1) is 0 Å². The van der Waals surface area contributed by atoms with Crippen molar-refractivity contribution >= 4 is 23.4 Å². The summed E-state index contributed by atoms with van der Waals surface area (Å²) in [6, 6.07) is 9.58. The van der Waals surface area contributed by atoms with Crippen LogP contribution in [0.25, 0.3) is 5.65 Å². The SMILES string of the molecule is O=C(ON1C(=O)c2ccccc2C1=O)c1cnc2cccnn12. The average Bonchev–Trinajstić information content (AvgIpc) is 3.11. The zero-order valence-corrected chi connectivity index (χ0v) is 11.5. The molecule has 0 bridgehead atoms. The number of hydrogen-bond acceptors (Lipinski definition) is 6. The minimum Gasteiger partial charge on any atom is -0.322 e. The first-order valence-electron chi connectivity index (χ1n) is 6.65. The van der Waals surface area contributed by atoms with E-state index in [4.69, 9.17) is 4.84 Å². The van der Waals surface area contributed by atoms with Gasteiger partial charge in [-0.1, -0.05) is 17.2 Å². The van der Waals surface area contributed by atoms with Crippen molar-refractivity contribution in [1.82, 2.24) is 19.7 Å². The molecule has 3 aromatic rings. The van der Waals surface area contributed by atoms with E-state index in [1.807, 2.05) is 0 Å². The van der Waals surface area contributed by atoms with E-state index in [2.05, 4.69) is 10.1 Å². The highest BCUT2D eigenvalue weighted by molar-refractivity contribution is 6.21. The number of imide groups is 1. The molecule has 0 spiro atoms. The summed E-state index contributed by atoms with van der Waals surface area (Å²) in [7, 11) is 0. The van der Waals surface area contributed by atoms with E-state index in [-0.39, 0.29) is 16.8 Å². The van der Waals surface area contributed by atoms with E-state index >= 15 is 0 Å². The number of fused-ring (bicyclic) bond motifs is 2. The summed E-state index contributed by atoms with van der Waals surface area (Å²) in [6.45, 7) is 0. The lowest BCUT2D eigenvalue weighted by Crippen LogP contribution is -2.33. The van der Waals surface area contributed by atoms with Crippen molar-refractivity contribution in [3.63, 3.8) is 0 Å². The van der Waals surface area contributed by atoms with Gasteiger partial charge in [-0.2, -0.15) is 5.10 Å². The third-order valence-corrected chi connectivity index (χ3v) is 3.42. The van der Waals surface area contributed by atoms with Crippen LogP contribution in [0.1, 0.15) is 31.2 Å². The van der Waals surface area contributed by atoms with Gasteiger partial charge in [0.05, 0.1) is 17.3 Å². The lowest BCUT2D eigenvalue weighted by atomic mass is 10.1. The standard InChI is InChI=1S/C15H8N4O4/c20-13-9-4-1-2-5-10(9)14(21)19(13)23-15(22)11-8-16-12-6-3-7-17-18(11)12/h1-8H. The number of nitrogens with zero attached hydrogens (tertiary/aromatic N) is 4. The number of carbonyl (C=O) groups excluding carboxylic acids is 3. The number of hydrogen-bond donors (Lipinski definition) is 0. The highest BCUT2D eigenvalue weighted by atomic mass is 16.7. The Balaban J connectivity index is 1.65. The zero-order valence-electron chi connectivity index (χ0n) is 11.5. The van der Waals surface area contributed by atoms with Gasteiger partial charge in [-0.25, -0.2) is 14.3 Å². The lowest BCUT2D eigenvalue weighted by Gasteiger charge is -2.11. The summed E-state index contributed by atoms with van der Waals surface area (Å²) in [5.41, 5.74) is 0.849. The van der Waals surface area contributed by atoms with Gasteiger partial charge >= 0.3 is 5.97 Å². The van der Waals surface area contributed by atoms with Gasteiger partial charge in [0.25, 0.3) is 11.8 Å². The first-order valence-corrected chi connectivity index (χ1v) is 6.65. The molecule has 0 aliphatic carbocycles. The van der Waals surface area contributed by atoms with Crippen LogP contribution < -0.4 is 0 Å². The average molecular weight is 308 g/mol. The van der Waals surface area contributed by atoms with Crippen molar-refractivity contribution in [2.45, 2.75) is 0 Å². The van der Waals surface area contributed by atoms with Gasteiger partial charge in [0.1, 0.15) is 0 Å². The van der Waals surface area contributed by atoms with Crippen LogP contribution in [-0.2, 0) is 4.84 Å². The number of carbonyl (C=O) groups is 3. The summed E-state index contributed by atoms with van der Waals surface area (Å²) in [5, 5.41) is 4.43. The van der Waals surface area contributed by atoms with Gasteiger partial charge < -0.3 is 4.84 Å². The normalized spacial score (nSPS) is 13.5. The number of aromatic nitrogens is 3. The molecular weight excluding hydrogens is 300 g/mol. The minimum absolute atomic E-state index is 0.0113. The maximum Gasteiger partial charge on any atom is 0.383 e. The van der Waals surface area contributed by atoms with Crippen LogP contribution in [0.2, 0.25) is 0 Å². The molecule has 0 N–H and O–H groups in total. The Bertz CT molecular complexity index is 943. The van der Waals surface area contributed by atoms with Gasteiger partial charge in [0.2, 0.25) is 0 Å². The predicted octanol–water partition coefficient (Wildman–Crippen LogP) is 1.10. The number of imidazole rings is 1. The predicted molar refractivity (Wildman–Crippen MR) is 75.3 cm³/mol. The molecule has 8 heteroatoms. The first-order chi connectivity index (χ1) is 11.2. The number of rotatable bonds is 2. The van der Waals surface area contributed by atoms with Crippen LogP contribution in [0.15, 0.2) is 48.8 Å². The van der Waals surface area contributed by atoms with E-state index in [1.54, 1.807) is 24.3 Å². The molecule has 8 nitrogen and oxygen atoms in total. The van der Waals surface area contributed by atoms with E-state index in [0.29, 0.717) is 10.7 Å². The quantitative estimate of drug-likeness (QED) is 0.658. The van der Waals surface area contributed by atoms with Gasteiger partial charge in [-0.05, 0) is 24.3 Å². The molecule has 0 saturated carbocycles. The molecule has 1 aliphatic rings. The zero-order chi connectivity index (χ0) is 16.0. The van der Waals surface area contributed by atoms with Crippen molar-refractivity contribution in [2.75, 3.05) is 0 Å². The Kier molecular flexibility index (Phi) is 2.70. The van der Waals surface area contributed by atoms with Crippen molar-refractivity contribution < 1.29 is 19.2 Å². The van der Waals surface area contributed by atoms with Crippen LogP contribution >= 0.6 is 0 Å². The molecular formula is C15H8N4O4. The molecule has 0 unspecified atom stereocenters. The summed E-state index contributed by atoms with van der Waals surface area (Å²) >= 11 is 0. The number of benzene rings is 1. The molecule has 0 radical (unpaired) electrons. The van der Waals surface area contributed by atoms with Gasteiger partial charge in [0, 0.05) is 6.20 Å². The Morgan fingerprint density at radius 3 is 2.39 bits per heavy atom. The second-order valence-corrected chi connectivity index (χ2v) is 4.77. The van der Waals surface area contributed by atoms with Crippen molar-refractivity contribution in [3.8, 4) is 0 Å². The minimum atomic E-state index is -0.897. The summed E-state index contributed by atoms with van der Waals surface area (Å²) in [4.78, 5) is 45.5. The van der Waals surface area contributed by atoms with Crippen LogP contribution in [0.4, 0.5) is 0 Å². The fraction of sp³-hybridized carbons (Fsp3) is 0. The molecule has 23 heavy (non-hydrogen) atoms. The Labute approximate surface area is 128 Å². The van der Waals surface area contributed by atoms with Crippen LogP contribution in [-0.4, -0.2) is 37.4 Å². The van der Waals surface area contributed by atoms with E-state index in [0.717, 1.165) is 0 Å². The van der Waals surface area contributed by atoms with E-state index in [9.17, 15) is 14.4 Å². The number of hydroxylamine groups is 2. The lowest BCUT2D eigenvalue weighted by molar-refractivity contribution is -0.0590. The van der Waals surface area contributed by atoms with Crippen molar-refractivity contribution in [2.24, 2.45) is 0 Å². The fourth-order valence-electron chi connectivity index (χ4n) is 2.35. The largest absolute Gasteiger partial charge is 0.383 e. The maximum atomic E-state index is 12.2. The van der Waals surface area contributed by atoms with Crippen LogP contribution in [0.3, 0.4) is 0 Å². The molecule has 0 atom stereocenters. The number of amides is 2. The van der Waals surface area contributed by atoms with Gasteiger partial charge in [0.15, 0.2) is 11.3 Å². The summed E-state index contributed by atoms with van der Waals surface area (Å²) in [6.07, 6.45) is 2.75. The Morgan fingerprint density at radius 1 is 1.00 bits per heavy atom. The third kappa shape index (κ3) is 1.89. The summed E-state index contributed by atoms with van der Waals surface area (Å²) < 4.78 is 1.26. The molecule has 3 heterocycles. The molecule has 0 fully saturated rings. The molecule has 112 valence electrons. The van der Waals surface area contributed by atoms with Crippen LogP contribution in [0.5, 0.6) is 0 Å². The van der Waals surface area contributed by atoms with Gasteiger partial charge in [-0.3, -0.25) is 9.59 Å². The monoisotopic (exact) mass is 308 g/mol. The second kappa shape index (κ2) is 4.73. The fourth-order valence-corrected chi connectivity index (χ4v) is 2.35. The van der Waals surface area contributed by atoms with Crippen molar-refractivity contribution in [1.29, 1.82) is 0 Å². The van der Waals surface area contributed by atoms with E-state index in [1.165, 1.54) is 29.0 Å². The first kappa shape index (κ1) is 13.1. The maximum absolute atomic E-state index is 12.2. The van der Waals surface area contributed by atoms with E-state index < -0.39 is 17.8 Å². The topological polar surface area (TPSA) is 93.9 Å². The highest BCUT2D eigenvalue weighted by Gasteiger charge is 2.39. The Hall–Kier alpha value is -3.55. The molecule has 1 aromatic carbocycles. The third-order valence-electron chi connectivity index (χ3n) is 3.42. The smallest absolute Gasteiger partial charge is 0.322 e. The van der Waals surface area contributed by atoms with Gasteiger partial charge in [-0.15, -0.1) is 0 Å². The second-order valence-electron chi connectivity index (χ2n) is 4.77. The molecule has 4 rings (SSSR count). The van der Waals surface area contributed by atoms with Crippen molar-refractivity contribution in [3.05, 3.63) is 65.6 Å². The molecule has 2 amide bonds. The summed E-state index contributed by atoms with van der Waals surface area (Å²) in [5.74, 6) is -2.26. The Morgan fingerprint density at radius 2 is 1.70 bits per heavy atom. The highest BCUT2D eigenvalue weighted by Crippen LogP contribution is 2.23.